The van der Waals surface area contributed by atoms with Crippen LogP contribution in [0, 0.1) is 0 Å². The first kappa shape index (κ1) is 11.0. The SMILES string of the molecule is CN1CCOC(CNC(=O)c2nn[nH]n2)C1. The van der Waals surface area contributed by atoms with Gasteiger partial charge in [0.2, 0.25) is 0 Å². The number of nitrogens with one attached hydrogen (secondary N) is 2. The molecular weight excluding hydrogens is 212 g/mol. The molecular formula is C8H14N6O2. The molecule has 1 unspecified atom stereocenters. The van der Waals surface area contributed by atoms with E-state index in [1.165, 1.54) is 0 Å². The molecule has 16 heavy (non-hydrogen) atoms. The number of rotatable bonds is 3. The molecule has 1 fully saturated rings. The summed E-state index contributed by atoms with van der Waals surface area (Å²) in [7, 11) is 2.02. The molecule has 1 atom stereocenters. The molecule has 0 aromatic carbocycles. The number of morpholine rings is 1. The summed E-state index contributed by atoms with van der Waals surface area (Å²) >= 11 is 0. The van der Waals surface area contributed by atoms with Gasteiger partial charge in [-0.25, -0.2) is 0 Å². The van der Waals surface area contributed by atoms with E-state index in [4.69, 9.17) is 4.74 Å². The Hall–Kier alpha value is -1.54. The average molecular weight is 226 g/mol. The van der Waals surface area contributed by atoms with Gasteiger partial charge in [0.25, 0.3) is 11.7 Å². The largest absolute Gasteiger partial charge is 0.374 e. The minimum absolute atomic E-state index is 0.0228. The van der Waals surface area contributed by atoms with Crippen molar-refractivity contribution in [3.05, 3.63) is 5.82 Å². The molecule has 1 saturated heterocycles. The molecule has 1 aromatic rings. The zero-order valence-corrected chi connectivity index (χ0v) is 9.01. The number of hydrogen-bond acceptors (Lipinski definition) is 6. The molecule has 1 aliphatic rings. The van der Waals surface area contributed by atoms with Crippen LogP contribution in [0.1, 0.15) is 10.6 Å². The predicted octanol–water partition coefficient (Wildman–Crippen LogP) is -1.74. The standard InChI is InChI=1S/C8H14N6O2/c1-14-2-3-16-6(5-14)4-9-8(15)7-10-12-13-11-7/h6H,2-5H2,1H3,(H,9,15)(H,10,11,12,13). The van der Waals surface area contributed by atoms with Crippen LogP contribution in [0.5, 0.6) is 0 Å². The van der Waals surface area contributed by atoms with Gasteiger partial charge in [-0.1, -0.05) is 0 Å². The lowest BCUT2D eigenvalue weighted by Gasteiger charge is -2.29. The van der Waals surface area contributed by atoms with Crippen molar-refractivity contribution >= 4 is 5.91 Å². The molecule has 0 bridgehead atoms. The molecule has 88 valence electrons. The van der Waals surface area contributed by atoms with E-state index < -0.39 is 0 Å². The van der Waals surface area contributed by atoms with E-state index in [1.54, 1.807) is 0 Å². The normalized spacial score (nSPS) is 21.9. The molecule has 1 amide bonds. The zero-order valence-electron chi connectivity index (χ0n) is 9.01. The number of tetrazole rings is 1. The monoisotopic (exact) mass is 226 g/mol. The van der Waals surface area contributed by atoms with Gasteiger partial charge in [-0.2, -0.15) is 5.21 Å². The third-order valence-electron chi connectivity index (χ3n) is 2.38. The Labute approximate surface area is 92.3 Å². The average Bonchev–Trinajstić information content (AvgIpc) is 2.79. The molecule has 0 aliphatic carbocycles. The Morgan fingerprint density at radius 1 is 1.75 bits per heavy atom. The topological polar surface area (TPSA) is 96.0 Å². The number of aromatic amines is 1. The second-order valence-corrected chi connectivity index (χ2v) is 3.70. The number of amides is 1. The van der Waals surface area contributed by atoms with E-state index >= 15 is 0 Å². The summed E-state index contributed by atoms with van der Waals surface area (Å²) in [6.45, 7) is 2.89. The van der Waals surface area contributed by atoms with Crippen molar-refractivity contribution in [2.45, 2.75) is 6.10 Å². The summed E-state index contributed by atoms with van der Waals surface area (Å²) in [5, 5.41) is 15.4. The van der Waals surface area contributed by atoms with Gasteiger partial charge in [0, 0.05) is 19.6 Å². The Morgan fingerprint density at radius 2 is 2.62 bits per heavy atom. The summed E-state index contributed by atoms with van der Waals surface area (Å²) < 4.78 is 5.50. The molecule has 8 heteroatoms. The highest BCUT2D eigenvalue weighted by Crippen LogP contribution is 2.01. The molecule has 0 spiro atoms. The van der Waals surface area contributed by atoms with Crippen molar-refractivity contribution in [2.24, 2.45) is 0 Å². The van der Waals surface area contributed by atoms with Gasteiger partial charge in [0.05, 0.1) is 12.7 Å². The highest BCUT2D eigenvalue weighted by molar-refractivity contribution is 5.89. The number of likely N-dealkylation sites (N-methyl/N-ethyl adjacent to an activating group) is 1. The number of aromatic nitrogens is 4. The molecule has 2 N–H and O–H groups in total. The molecule has 0 saturated carbocycles. The van der Waals surface area contributed by atoms with Gasteiger partial charge in [0.15, 0.2) is 0 Å². The van der Waals surface area contributed by atoms with Crippen molar-refractivity contribution in [2.75, 3.05) is 33.3 Å². The Bertz CT molecular complexity index is 340. The molecule has 8 nitrogen and oxygen atoms in total. The summed E-state index contributed by atoms with van der Waals surface area (Å²) in [5.74, 6) is -0.297. The third-order valence-corrected chi connectivity index (χ3v) is 2.38. The van der Waals surface area contributed by atoms with Gasteiger partial charge in [-0.15, -0.1) is 10.2 Å². The number of H-pyrrole nitrogens is 1. The Morgan fingerprint density at radius 3 is 3.31 bits per heavy atom. The molecule has 1 aliphatic heterocycles. The number of carbonyl (C=O) groups is 1. The lowest BCUT2D eigenvalue weighted by atomic mass is 10.3. The maximum absolute atomic E-state index is 11.5. The van der Waals surface area contributed by atoms with Crippen molar-refractivity contribution in [3.8, 4) is 0 Å². The summed E-state index contributed by atoms with van der Waals surface area (Å²) in [4.78, 5) is 13.6. The fourth-order valence-corrected chi connectivity index (χ4v) is 1.53. The maximum atomic E-state index is 11.5. The molecule has 2 rings (SSSR count). The Balaban J connectivity index is 1.77. The summed E-state index contributed by atoms with van der Waals surface area (Å²) in [6.07, 6.45) is 0.0228. The van der Waals surface area contributed by atoms with Crippen molar-refractivity contribution in [1.29, 1.82) is 0 Å². The minimum Gasteiger partial charge on any atom is -0.374 e. The first-order chi connectivity index (χ1) is 7.75. The quantitative estimate of drug-likeness (QED) is 0.635. The minimum atomic E-state index is -0.342. The van der Waals surface area contributed by atoms with Crippen LogP contribution in [-0.4, -0.2) is 70.8 Å². The lowest BCUT2D eigenvalue weighted by Crippen LogP contribution is -2.46. The second-order valence-electron chi connectivity index (χ2n) is 3.70. The van der Waals surface area contributed by atoms with Gasteiger partial charge < -0.3 is 15.0 Å². The third kappa shape index (κ3) is 2.74. The van der Waals surface area contributed by atoms with Crippen LogP contribution < -0.4 is 5.32 Å². The fraction of sp³-hybridized carbons (Fsp3) is 0.750. The fourth-order valence-electron chi connectivity index (χ4n) is 1.53. The van der Waals surface area contributed by atoms with Gasteiger partial charge >= 0.3 is 0 Å². The van der Waals surface area contributed by atoms with Crippen LogP contribution in [-0.2, 0) is 4.74 Å². The van der Waals surface area contributed by atoms with Gasteiger partial charge in [-0.3, -0.25) is 4.79 Å². The summed E-state index contributed by atoms with van der Waals surface area (Å²) in [5.41, 5.74) is 0. The number of ether oxygens (including phenoxy) is 1. The second kappa shape index (κ2) is 4.99. The molecule has 0 radical (unpaired) electrons. The van der Waals surface area contributed by atoms with Crippen molar-refractivity contribution in [3.63, 3.8) is 0 Å². The Kier molecular flexibility index (Phi) is 3.42. The van der Waals surface area contributed by atoms with E-state index in [-0.39, 0.29) is 17.8 Å². The van der Waals surface area contributed by atoms with Crippen LogP contribution in [0.25, 0.3) is 0 Å². The van der Waals surface area contributed by atoms with Crippen LogP contribution in [0.15, 0.2) is 0 Å². The zero-order chi connectivity index (χ0) is 11.4. The smallest absolute Gasteiger partial charge is 0.292 e. The van der Waals surface area contributed by atoms with Crippen molar-refractivity contribution < 1.29 is 9.53 Å². The van der Waals surface area contributed by atoms with Crippen LogP contribution >= 0.6 is 0 Å². The first-order valence-corrected chi connectivity index (χ1v) is 5.07. The number of carbonyl (C=O) groups excluding carboxylic acids is 1. The van der Waals surface area contributed by atoms with Crippen LogP contribution in [0.3, 0.4) is 0 Å². The van der Waals surface area contributed by atoms with E-state index in [0.29, 0.717) is 13.2 Å². The summed E-state index contributed by atoms with van der Waals surface area (Å²) in [6, 6.07) is 0. The van der Waals surface area contributed by atoms with E-state index in [1.807, 2.05) is 7.05 Å². The first-order valence-electron chi connectivity index (χ1n) is 5.07. The molecule has 1 aromatic heterocycles. The van der Waals surface area contributed by atoms with Gasteiger partial charge in [-0.05, 0) is 12.3 Å². The van der Waals surface area contributed by atoms with Crippen molar-refractivity contribution in [1.82, 2.24) is 30.8 Å². The predicted molar refractivity (Wildman–Crippen MR) is 53.7 cm³/mol. The highest BCUT2D eigenvalue weighted by Gasteiger charge is 2.19. The highest BCUT2D eigenvalue weighted by atomic mass is 16.5. The van der Waals surface area contributed by atoms with Gasteiger partial charge in [0.1, 0.15) is 0 Å². The van der Waals surface area contributed by atoms with E-state index in [0.717, 1.165) is 13.1 Å². The number of hydrogen-bond donors (Lipinski definition) is 2. The lowest BCUT2D eigenvalue weighted by molar-refractivity contribution is -0.0175. The van der Waals surface area contributed by atoms with E-state index in [9.17, 15) is 4.79 Å². The van der Waals surface area contributed by atoms with Crippen LogP contribution in [0.4, 0.5) is 0 Å². The van der Waals surface area contributed by atoms with E-state index in [2.05, 4.69) is 30.8 Å². The number of nitrogens with zero attached hydrogens (tertiary/aromatic N) is 4. The maximum Gasteiger partial charge on any atom is 0.292 e. The molecule has 2 heterocycles. The van der Waals surface area contributed by atoms with Crippen LogP contribution in [0.2, 0.25) is 0 Å².